The highest BCUT2D eigenvalue weighted by atomic mass is 32.1. The van der Waals surface area contributed by atoms with Crippen molar-refractivity contribution in [2.24, 2.45) is 0 Å². The van der Waals surface area contributed by atoms with Crippen LogP contribution in [0, 0.1) is 17.0 Å². The number of thiophene rings is 1. The molecule has 3 rings (SSSR count). The number of aromatic amines is 1. The molecule has 0 saturated carbocycles. The smallest absolute Gasteiger partial charge is 0.215 e. The molecule has 2 aromatic heterocycles. The number of fused-ring (bicyclic) bond motifs is 1. The summed E-state index contributed by atoms with van der Waals surface area (Å²) in [6.07, 6.45) is 1.91. The van der Waals surface area contributed by atoms with Crippen LogP contribution in [-0.4, -0.2) is 16.5 Å². The molecule has 0 bridgehead atoms. The zero-order valence-corrected chi connectivity index (χ0v) is 11.8. The first-order valence-corrected chi connectivity index (χ1v) is 7.26. The van der Waals surface area contributed by atoms with Gasteiger partial charge in [0.05, 0.1) is 5.92 Å². The van der Waals surface area contributed by atoms with E-state index in [1.54, 1.807) is 11.3 Å². The van der Waals surface area contributed by atoms with Gasteiger partial charge in [0, 0.05) is 26.9 Å². The minimum atomic E-state index is -0.237. The molecule has 2 heterocycles. The summed E-state index contributed by atoms with van der Waals surface area (Å²) in [6, 6.07) is 9.96. The van der Waals surface area contributed by atoms with Gasteiger partial charge in [-0.1, -0.05) is 24.3 Å². The van der Waals surface area contributed by atoms with Crippen LogP contribution in [0.25, 0.3) is 10.9 Å². The number of para-hydroxylation sites is 1. The van der Waals surface area contributed by atoms with Crippen molar-refractivity contribution in [1.29, 1.82) is 0 Å². The summed E-state index contributed by atoms with van der Waals surface area (Å²) < 4.78 is 0. The second-order valence-corrected chi connectivity index (χ2v) is 5.80. The Labute approximate surface area is 120 Å². The van der Waals surface area contributed by atoms with Crippen LogP contribution in [0.5, 0.6) is 0 Å². The van der Waals surface area contributed by atoms with E-state index in [0.717, 1.165) is 26.9 Å². The summed E-state index contributed by atoms with van der Waals surface area (Å²) in [7, 11) is 0. The van der Waals surface area contributed by atoms with Crippen molar-refractivity contribution in [3.8, 4) is 0 Å². The number of rotatable bonds is 4. The number of nitrogens with one attached hydrogen (secondary N) is 1. The lowest BCUT2D eigenvalue weighted by molar-refractivity contribution is -0.481. The van der Waals surface area contributed by atoms with E-state index in [9.17, 15) is 10.1 Å². The van der Waals surface area contributed by atoms with Gasteiger partial charge in [-0.05, 0) is 29.5 Å². The van der Waals surface area contributed by atoms with Crippen LogP contribution in [0.4, 0.5) is 0 Å². The molecule has 0 aliphatic carbocycles. The molecule has 0 fully saturated rings. The van der Waals surface area contributed by atoms with Crippen LogP contribution in [0.2, 0.25) is 0 Å². The molecule has 0 aliphatic heterocycles. The summed E-state index contributed by atoms with van der Waals surface area (Å²) in [5.41, 5.74) is 3.22. The zero-order chi connectivity index (χ0) is 14.1. The quantitative estimate of drug-likeness (QED) is 0.583. The third-order valence-electron chi connectivity index (χ3n) is 3.55. The van der Waals surface area contributed by atoms with Gasteiger partial charge in [0.1, 0.15) is 0 Å². The number of H-pyrrole nitrogens is 1. The second-order valence-electron chi connectivity index (χ2n) is 4.82. The Balaban J connectivity index is 2.14. The number of nitro groups is 1. The average molecular weight is 286 g/mol. The van der Waals surface area contributed by atoms with E-state index in [4.69, 9.17) is 0 Å². The summed E-state index contributed by atoms with van der Waals surface area (Å²) in [5, 5.41) is 14.0. The van der Waals surface area contributed by atoms with E-state index in [0.29, 0.717) is 0 Å². The maximum atomic E-state index is 11.0. The van der Waals surface area contributed by atoms with Crippen LogP contribution in [0.15, 0.2) is 41.9 Å². The number of aromatic nitrogens is 1. The highest BCUT2D eigenvalue weighted by Gasteiger charge is 2.24. The van der Waals surface area contributed by atoms with Gasteiger partial charge in [-0.25, -0.2) is 0 Å². The molecule has 3 aromatic rings. The van der Waals surface area contributed by atoms with Crippen LogP contribution in [0.1, 0.15) is 21.9 Å². The van der Waals surface area contributed by atoms with Gasteiger partial charge in [-0.2, -0.15) is 0 Å². The Morgan fingerprint density at radius 1 is 1.35 bits per heavy atom. The van der Waals surface area contributed by atoms with Crippen LogP contribution in [0.3, 0.4) is 0 Å². The third-order valence-corrected chi connectivity index (χ3v) is 4.54. The van der Waals surface area contributed by atoms with Gasteiger partial charge in [0.15, 0.2) is 0 Å². The predicted octanol–water partition coefficient (Wildman–Crippen LogP) is 3.95. The fourth-order valence-electron chi connectivity index (χ4n) is 2.60. The van der Waals surface area contributed by atoms with E-state index in [1.807, 2.05) is 48.8 Å². The molecular weight excluding hydrogens is 272 g/mol. The normalized spacial score (nSPS) is 12.7. The van der Waals surface area contributed by atoms with Crippen LogP contribution < -0.4 is 0 Å². The SMILES string of the molecule is Cc1cccc2c([C@@H](C[N+](=O)[O-])c3cccs3)c[nH]c12. The van der Waals surface area contributed by atoms with Gasteiger partial charge in [-0.3, -0.25) is 10.1 Å². The molecule has 1 atom stereocenters. The highest BCUT2D eigenvalue weighted by molar-refractivity contribution is 7.10. The van der Waals surface area contributed by atoms with E-state index in [-0.39, 0.29) is 17.4 Å². The number of hydrogen-bond acceptors (Lipinski definition) is 3. The molecule has 0 radical (unpaired) electrons. The van der Waals surface area contributed by atoms with E-state index >= 15 is 0 Å². The predicted molar refractivity (Wildman–Crippen MR) is 81.1 cm³/mol. The molecule has 1 aromatic carbocycles. The lowest BCUT2D eigenvalue weighted by Crippen LogP contribution is -2.12. The Morgan fingerprint density at radius 2 is 2.20 bits per heavy atom. The summed E-state index contributed by atoms with van der Waals surface area (Å²) in [4.78, 5) is 15.1. The van der Waals surface area contributed by atoms with E-state index in [1.165, 1.54) is 0 Å². The third kappa shape index (κ3) is 2.20. The number of aryl methyl sites for hydroxylation is 1. The molecule has 102 valence electrons. The number of nitrogens with zero attached hydrogens (tertiary/aromatic N) is 1. The van der Waals surface area contributed by atoms with Gasteiger partial charge in [0.25, 0.3) is 0 Å². The molecule has 0 spiro atoms. The lowest BCUT2D eigenvalue weighted by Gasteiger charge is -2.10. The molecule has 20 heavy (non-hydrogen) atoms. The fourth-order valence-corrected chi connectivity index (χ4v) is 3.43. The molecular formula is C15H14N2O2S. The maximum absolute atomic E-state index is 11.0. The van der Waals surface area contributed by atoms with Crippen molar-refractivity contribution < 1.29 is 4.92 Å². The zero-order valence-electron chi connectivity index (χ0n) is 11.0. The largest absolute Gasteiger partial charge is 0.361 e. The maximum Gasteiger partial charge on any atom is 0.215 e. The molecule has 0 amide bonds. The Morgan fingerprint density at radius 3 is 2.90 bits per heavy atom. The van der Waals surface area contributed by atoms with Gasteiger partial charge < -0.3 is 4.98 Å². The summed E-state index contributed by atoms with van der Waals surface area (Å²) in [6.45, 7) is 1.96. The van der Waals surface area contributed by atoms with Crippen molar-refractivity contribution in [2.45, 2.75) is 12.8 Å². The first-order valence-electron chi connectivity index (χ1n) is 6.38. The first-order chi connectivity index (χ1) is 9.66. The Bertz CT molecular complexity index is 746. The average Bonchev–Trinajstić information content (AvgIpc) is 3.06. The van der Waals surface area contributed by atoms with Crippen molar-refractivity contribution in [3.05, 3.63) is 68.0 Å². The molecule has 4 nitrogen and oxygen atoms in total. The fraction of sp³-hybridized carbons (Fsp3) is 0.200. The number of hydrogen-bond donors (Lipinski definition) is 1. The molecule has 0 unspecified atom stereocenters. The van der Waals surface area contributed by atoms with E-state index < -0.39 is 0 Å². The van der Waals surface area contributed by atoms with Crippen molar-refractivity contribution in [3.63, 3.8) is 0 Å². The van der Waals surface area contributed by atoms with Crippen LogP contribution >= 0.6 is 11.3 Å². The second kappa shape index (κ2) is 5.09. The van der Waals surface area contributed by atoms with E-state index in [2.05, 4.69) is 4.98 Å². The minimum absolute atomic E-state index is 0.0819. The van der Waals surface area contributed by atoms with Crippen molar-refractivity contribution in [1.82, 2.24) is 4.98 Å². The summed E-state index contributed by atoms with van der Waals surface area (Å²) >= 11 is 1.57. The van der Waals surface area contributed by atoms with Crippen molar-refractivity contribution >= 4 is 22.2 Å². The summed E-state index contributed by atoms with van der Waals surface area (Å²) in [5.74, 6) is -0.194. The molecule has 5 heteroatoms. The molecule has 0 saturated heterocycles. The number of benzene rings is 1. The first kappa shape index (κ1) is 12.9. The molecule has 1 N–H and O–H groups in total. The van der Waals surface area contributed by atoms with Gasteiger partial charge >= 0.3 is 0 Å². The lowest BCUT2D eigenvalue weighted by atomic mass is 9.96. The molecule has 0 aliphatic rings. The minimum Gasteiger partial charge on any atom is -0.361 e. The van der Waals surface area contributed by atoms with Crippen molar-refractivity contribution in [2.75, 3.05) is 6.54 Å². The van der Waals surface area contributed by atoms with Crippen LogP contribution in [-0.2, 0) is 0 Å². The standard InChI is InChI=1S/C15H14N2O2S/c1-10-4-2-5-11-12(8-16-15(10)11)13(9-17(18)19)14-6-3-7-20-14/h2-8,13,16H,9H2,1H3/t13-/m1/s1. The Hall–Kier alpha value is -2.14. The monoisotopic (exact) mass is 286 g/mol. The highest BCUT2D eigenvalue weighted by Crippen LogP contribution is 2.34. The Kier molecular flexibility index (Phi) is 3.28. The van der Waals surface area contributed by atoms with Gasteiger partial charge in [-0.15, -0.1) is 11.3 Å². The topological polar surface area (TPSA) is 58.9 Å². The van der Waals surface area contributed by atoms with Gasteiger partial charge in [0.2, 0.25) is 6.54 Å².